The van der Waals surface area contributed by atoms with Crippen molar-refractivity contribution in [1.29, 1.82) is 0 Å². The number of benzene rings is 1. The number of likely N-dealkylation sites (tertiary alicyclic amines) is 1. The van der Waals surface area contributed by atoms with E-state index in [9.17, 15) is 9.18 Å². The highest BCUT2D eigenvalue weighted by molar-refractivity contribution is 5.81. The quantitative estimate of drug-likeness (QED) is 0.853. The molecule has 0 aliphatic carbocycles. The highest BCUT2D eigenvalue weighted by Crippen LogP contribution is 2.23. The van der Waals surface area contributed by atoms with Crippen LogP contribution in [0.4, 0.5) is 4.39 Å². The number of nitrogens with zero attached hydrogens (tertiary/aromatic N) is 2. The van der Waals surface area contributed by atoms with E-state index in [0.29, 0.717) is 18.4 Å². The van der Waals surface area contributed by atoms with Crippen LogP contribution >= 0.6 is 0 Å². The summed E-state index contributed by atoms with van der Waals surface area (Å²) in [6, 6.07) is 6.32. The normalized spacial score (nSPS) is 24.0. The smallest absolute Gasteiger partial charge is 0.239 e. The third kappa shape index (κ3) is 4.29. The van der Waals surface area contributed by atoms with Crippen molar-refractivity contribution in [2.75, 3.05) is 20.1 Å². The molecule has 1 aromatic rings. The third-order valence-corrected chi connectivity index (χ3v) is 4.49. The SMILES string of the molecule is CC1CC(C)CN(C(C)C(=O)N(C)Cc2cccc(F)c2)C1. The molecule has 1 heterocycles. The van der Waals surface area contributed by atoms with Crippen LogP contribution in [0.15, 0.2) is 24.3 Å². The second kappa shape index (κ2) is 7.23. The zero-order valence-corrected chi connectivity index (χ0v) is 14.1. The van der Waals surface area contributed by atoms with Gasteiger partial charge in [0.25, 0.3) is 0 Å². The summed E-state index contributed by atoms with van der Waals surface area (Å²) in [5.74, 6) is 1.11. The first-order chi connectivity index (χ1) is 10.4. The average molecular weight is 306 g/mol. The second-order valence-electron chi connectivity index (χ2n) is 6.90. The van der Waals surface area contributed by atoms with Crippen molar-refractivity contribution in [1.82, 2.24) is 9.80 Å². The molecule has 122 valence electrons. The van der Waals surface area contributed by atoms with Crippen LogP contribution in [0, 0.1) is 17.7 Å². The predicted molar refractivity (Wildman–Crippen MR) is 86.9 cm³/mol. The van der Waals surface area contributed by atoms with E-state index in [1.165, 1.54) is 18.6 Å². The Labute approximate surface area is 133 Å². The number of amides is 1. The van der Waals surface area contributed by atoms with Gasteiger partial charge in [0.1, 0.15) is 5.82 Å². The standard InChI is InChI=1S/C18H27FN2O/c1-13-8-14(2)11-21(10-13)15(3)18(22)20(4)12-16-6-5-7-17(19)9-16/h5-7,9,13-15H,8,10-12H2,1-4H3. The van der Waals surface area contributed by atoms with Gasteiger partial charge in [0, 0.05) is 26.7 Å². The van der Waals surface area contributed by atoms with Gasteiger partial charge in [-0.1, -0.05) is 26.0 Å². The molecule has 0 aromatic heterocycles. The molecule has 3 nitrogen and oxygen atoms in total. The summed E-state index contributed by atoms with van der Waals surface area (Å²) >= 11 is 0. The van der Waals surface area contributed by atoms with Crippen molar-refractivity contribution in [2.24, 2.45) is 11.8 Å². The van der Waals surface area contributed by atoms with Gasteiger partial charge in [-0.15, -0.1) is 0 Å². The molecule has 1 fully saturated rings. The minimum absolute atomic E-state index is 0.102. The van der Waals surface area contributed by atoms with Gasteiger partial charge < -0.3 is 4.90 Å². The zero-order chi connectivity index (χ0) is 16.3. The van der Waals surface area contributed by atoms with Crippen molar-refractivity contribution in [3.8, 4) is 0 Å². The minimum Gasteiger partial charge on any atom is -0.340 e. The van der Waals surface area contributed by atoms with E-state index in [2.05, 4.69) is 18.7 Å². The Morgan fingerprint density at radius 3 is 2.59 bits per heavy atom. The molecule has 0 radical (unpaired) electrons. The maximum atomic E-state index is 13.2. The summed E-state index contributed by atoms with van der Waals surface area (Å²) in [6.45, 7) is 8.87. The van der Waals surface area contributed by atoms with Gasteiger partial charge >= 0.3 is 0 Å². The predicted octanol–water partition coefficient (Wildman–Crippen LogP) is 3.15. The Kier molecular flexibility index (Phi) is 5.57. The summed E-state index contributed by atoms with van der Waals surface area (Å²) in [5.41, 5.74) is 0.823. The molecule has 0 spiro atoms. The van der Waals surface area contributed by atoms with Crippen LogP contribution in [0.25, 0.3) is 0 Å². The molecule has 3 atom stereocenters. The zero-order valence-electron chi connectivity index (χ0n) is 14.1. The summed E-state index contributed by atoms with van der Waals surface area (Å²) in [5, 5.41) is 0. The molecule has 0 N–H and O–H groups in total. The van der Waals surface area contributed by atoms with E-state index in [-0.39, 0.29) is 17.8 Å². The van der Waals surface area contributed by atoms with Gasteiger partial charge in [-0.25, -0.2) is 4.39 Å². The molecule has 1 amide bonds. The van der Waals surface area contributed by atoms with Crippen molar-refractivity contribution in [2.45, 2.75) is 39.8 Å². The molecular weight excluding hydrogens is 279 g/mol. The first-order valence-electron chi connectivity index (χ1n) is 8.10. The molecule has 0 saturated carbocycles. The summed E-state index contributed by atoms with van der Waals surface area (Å²) < 4.78 is 13.2. The summed E-state index contributed by atoms with van der Waals surface area (Å²) in [6.07, 6.45) is 1.23. The van der Waals surface area contributed by atoms with Crippen molar-refractivity contribution >= 4 is 5.91 Å². The molecule has 1 aromatic carbocycles. The number of rotatable bonds is 4. The van der Waals surface area contributed by atoms with Crippen LogP contribution in [-0.2, 0) is 11.3 Å². The largest absolute Gasteiger partial charge is 0.340 e. The lowest BCUT2D eigenvalue weighted by molar-refractivity contribution is -0.136. The molecular formula is C18H27FN2O. The Morgan fingerprint density at radius 1 is 1.36 bits per heavy atom. The Hall–Kier alpha value is -1.42. The first kappa shape index (κ1) is 16.9. The maximum absolute atomic E-state index is 13.2. The number of carbonyl (C=O) groups excluding carboxylic acids is 1. The highest BCUT2D eigenvalue weighted by Gasteiger charge is 2.30. The lowest BCUT2D eigenvalue weighted by atomic mass is 9.91. The maximum Gasteiger partial charge on any atom is 0.239 e. The highest BCUT2D eigenvalue weighted by atomic mass is 19.1. The first-order valence-corrected chi connectivity index (χ1v) is 8.10. The molecule has 0 bridgehead atoms. The van der Waals surface area contributed by atoms with Gasteiger partial charge in [0.15, 0.2) is 0 Å². The van der Waals surface area contributed by atoms with Gasteiger partial charge in [-0.2, -0.15) is 0 Å². The van der Waals surface area contributed by atoms with E-state index >= 15 is 0 Å². The number of piperidine rings is 1. The van der Waals surface area contributed by atoms with E-state index in [0.717, 1.165) is 18.7 Å². The summed E-state index contributed by atoms with van der Waals surface area (Å²) in [7, 11) is 1.79. The second-order valence-corrected chi connectivity index (χ2v) is 6.90. The topological polar surface area (TPSA) is 23.6 Å². The van der Waals surface area contributed by atoms with Crippen LogP contribution in [-0.4, -0.2) is 41.9 Å². The number of hydrogen-bond donors (Lipinski definition) is 0. The molecule has 3 unspecified atom stereocenters. The van der Waals surface area contributed by atoms with E-state index in [4.69, 9.17) is 0 Å². The van der Waals surface area contributed by atoms with Crippen LogP contribution in [0.5, 0.6) is 0 Å². The number of likely N-dealkylation sites (N-methyl/N-ethyl adjacent to an activating group) is 1. The fraction of sp³-hybridized carbons (Fsp3) is 0.611. The van der Waals surface area contributed by atoms with Crippen LogP contribution in [0.3, 0.4) is 0 Å². The third-order valence-electron chi connectivity index (χ3n) is 4.49. The van der Waals surface area contributed by atoms with Crippen LogP contribution in [0.1, 0.15) is 32.8 Å². The van der Waals surface area contributed by atoms with Gasteiger partial charge in [-0.05, 0) is 42.9 Å². The lowest BCUT2D eigenvalue weighted by Gasteiger charge is -2.39. The number of halogens is 1. The van der Waals surface area contributed by atoms with E-state index < -0.39 is 0 Å². The molecule has 1 aliphatic heterocycles. The van der Waals surface area contributed by atoms with Crippen molar-refractivity contribution in [3.63, 3.8) is 0 Å². The van der Waals surface area contributed by atoms with E-state index in [1.54, 1.807) is 18.0 Å². The monoisotopic (exact) mass is 306 g/mol. The van der Waals surface area contributed by atoms with Gasteiger partial charge in [0.2, 0.25) is 5.91 Å². The van der Waals surface area contributed by atoms with E-state index in [1.807, 2.05) is 13.0 Å². The number of hydrogen-bond acceptors (Lipinski definition) is 2. The Balaban J connectivity index is 1.97. The average Bonchev–Trinajstić information content (AvgIpc) is 2.44. The van der Waals surface area contributed by atoms with Crippen LogP contribution < -0.4 is 0 Å². The molecule has 2 rings (SSSR count). The molecule has 22 heavy (non-hydrogen) atoms. The summed E-state index contributed by atoms with van der Waals surface area (Å²) in [4.78, 5) is 16.6. The Bertz CT molecular complexity index is 510. The van der Waals surface area contributed by atoms with Gasteiger partial charge in [0.05, 0.1) is 6.04 Å². The minimum atomic E-state index is -0.259. The fourth-order valence-electron chi connectivity index (χ4n) is 3.49. The Morgan fingerprint density at radius 2 is 2.00 bits per heavy atom. The number of carbonyl (C=O) groups is 1. The van der Waals surface area contributed by atoms with Crippen LogP contribution in [0.2, 0.25) is 0 Å². The molecule has 1 aliphatic rings. The van der Waals surface area contributed by atoms with Gasteiger partial charge in [-0.3, -0.25) is 9.69 Å². The molecule has 4 heteroatoms. The van der Waals surface area contributed by atoms with Crippen molar-refractivity contribution in [3.05, 3.63) is 35.6 Å². The lowest BCUT2D eigenvalue weighted by Crippen LogP contribution is -2.50. The van der Waals surface area contributed by atoms with Crippen molar-refractivity contribution < 1.29 is 9.18 Å². The molecule has 1 saturated heterocycles. The fourth-order valence-corrected chi connectivity index (χ4v) is 3.49.